The normalized spacial score (nSPS) is 10.1. The molecule has 0 heterocycles. The van der Waals surface area contributed by atoms with Crippen molar-refractivity contribution in [1.82, 2.24) is 4.90 Å². The molecule has 94 valence electrons. The lowest BCUT2D eigenvalue weighted by atomic mass is 10.2. The fourth-order valence-electron chi connectivity index (χ4n) is 1.06. The smallest absolute Gasteiger partial charge is 0.411 e. The predicted octanol–water partition coefficient (Wildman–Crippen LogP) is 3.71. The molecule has 17 heavy (non-hydrogen) atoms. The van der Waals surface area contributed by atoms with Crippen molar-refractivity contribution in [2.24, 2.45) is 0 Å². The fourth-order valence-corrected chi connectivity index (χ4v) is 2.15. The molecule has 1 amide bonds. The van der Waals surface area contributed by atoms with Crippen LogP contribution in [0, 0.1) is 0 Å². The summed E-state index contributed by atoms with van der Waals surface area (Å²) in [5.41, 5.74) is 0.586. The number of carbonyl (C=O) groups excluding carboxylic acids is 1. The first-order chi connectivity index (χ1) is 8.10. The predicted molar refractivity (Wildman–Crippen MR) is 76.2 cm³/mol. The molecule has 0 fully saturated rings. The quantitative estimate of drug-likeness (QED) is 0.656. The van der Waals surface area contributed by atoms with Crippen molar-refractivity contribution in [2.75, 3.05) is 11.8 Å². The summed E-state index contributed by atoms with van der Waals surface area (Å²) in [6.45, 7) is 0.0232. The number of hydrogen-bond donors (Lipinski definition) is 2. The largest absolute Gasteiger partial charge is 0.444 e. The summed E-state index contributed by atoms with van der Waals surface area (Å²) < 4.78 is 5.05. The van der Waals surface area contributed by atoms with Crippen LogP contribution in [-0.4, -0.2) is 22.7 Å². The first-order valence-corrected chi connectivity index (χ1v) is 6.68. The minimum Gasteiger partial charge on any atom is -0.444 e. The summed E-state index contributed by atoms with van der Waals surface area (Å²) in [7, 11) is 0. The fraction of sp³-hybridized carbons (Fsp3) is 0.300. The summed E-state index contributed by atoms with van der Waals surface area (Å²) in [6.07, 6.45) is -0.508. The Bertz CT molecular complexity index is 380. The van der Waals surface area contributed by atoms with Gasteiger partial charge in [0.05, 0.1) is 11.8 Å². The Labute approximate surface area is 121 Å². The van der Waals surface area contributed by atoms with Gasteiger partial charge in [-0.1, -0.05) is 29.3 Å². The number of ether oxygens (including phenoxy) is 1. The van der Waals surface area contributed by atoms with Gasteiger partial charge in [0, 0.05) is 15.6 Å². The standard InChI is InChI=1S/C10H11Cl2NO2S2/c11-8-2-1-3-9(12)7(8)4-15-10(14)13(5-16)6-17/h1-3,16-17H,4-6H2. The van der Waals surface area contributed by atoms with Crippen molar-refractivity contribution in [2.45, 2.75) is 6.61 Å². The molecule has 3 nitrogen and oxygen atoms in total. The average Bonchev–Trinajstić information content (AvgIpc) is 2.30. The molecule has 0 spiro atoms. The monoisotopic (exact) mass is 311 g/mol. The molecule has 0 saturated heterocycles. The van der Waals surface area contributed by atoms with Gasteiger partial charge in [-0.25, -0.2) is 4.79 Å². The zero-order valence-electron chi connectivity index (χ0n) is 8.77. The molecule has 0 radical (unpaired) electrons. The summed E-state index contributed by atoms with van der Waals surface area (Å²) in [4.78, 5) is 12.8. The van der Waals surface area contributed by atoms with Crippen LogP contribution in [-0.2, 0) is 11.3 Å². The summed E-state index contributed by atoms with van der Waals surface area (Å²) >= 11 is 19.8. The number of benzene rings is 1. The highest BCUT2D eigenvalue weighted by Gasteiger charge is 2.13. The first-order valence-electron chi connectivity index (χ1n) is 4.66. The second-order valence-electron chi connectivity index (χ2n) is 3.08. The summed E-state index contributed by atoms with van der Waals surface area (Å²) in [5.74, 6) is 0.469. The number of hydrogen-bond acceptors (Lipinski definition) is 4. The van der Waals surface area contributed by atoms with Gasteiger partial charge in [-0.05, 0) is 12.1 Å². The maximum atomic E-state index is 11.5. The number of carbonyl (C=O) groups is 1. The number of halogens is 2. The van der Waals surface area contributed by atoms with E-state index >= 15 is 0 Å². The minimum atomic E-state index is -0.508. The van der Waals surface area contributed by atoms with Crippen molar-refractivity contribution in [1.29, 1.82) is 0 Å². The van der Waals surface area contributed by atoms with Crippen LogP contribution in [0.25, 0.3) is 0 Å². The number of rotatable bonds is 4. The van der Waals surface area contributed by atoms with E-state index in [1.165, 1.54) is 4.90 Å². The van der Waals surface area contributed by atoms with Gasteiger partial charge in [0.2, 0.25) is 0 Å². The maximum absolute atomic E-state index is 11.5. The molecule has 1 rings (SSSR count). The topological polar surface area (TPSA) is 29.5 Å². The van der Waals surface area contributed by atoms with Crippen molar-refractivity contribution in [3.63, 3.8) is 0 Å². The zero-order chi connectivity index (χ0) is 12.8. The van der Waals surface area contributed by atoms with Gasteiger partial charge < -0.3 is 4.74 Å². The van der Waals surface area contributed by atoms with Crippen molar-refractivity contribution < 1.29 is 9.53 Å². The molecule has 0 N–H and O–H groups in total. The van der Waals surface area contributed by atoms with Crippen molar-refractivity contribution in [3.05, 3.63) is 33.8 Å². The molecular weight excluding hydrogens is 301 g/mol. The molecule has 1 aromatic rings. The minimum absolute atomic E-state index is 0.0232. The van der Waals surface area contributed by atoms with Crippen LogP contribution in [0.2, 0.25) is 10.0 Å². The second-order valence-corrected chi connectivity index (χ2v) is 4.46. The van der Waals surface area contributed by atoms with E-state index in [9.17, 15) is 4.79 Å². The van der Waals surface area contributed by atoms with E-state index in [-0.39, 0.29) is 18.4 Å². The molecule has 0 unspecified atom stereocenters. The van der Waals surface area contributed by atoms with Crippen LogP contribution >= 0.6 is 48.5 Å². The van der Waals surface area contributed by atoms with Gasteiger partial charge in [-0.15, -0.1) is 0 Å². The Balaban J connectivity index is 2.64. The van der Waals surface area contributed by atoms with Gasteiger partial charge in [-0.3, -0.25) is 4.90 Å². The van der Waals surface area contributed by atoms with E-state index in [0.717, 1.165) is 0 Å². The molecule has 0 aliphatic carbocycles. The third-order valence-corrected chi connectivity index (χ3v) is 3.39. The van der Waals surface area contributed by atoms with Crippen LogP contribution in [0.4, 0.5) is 4.79 Å². The molecular formula is C10H11Cl2NO2S2. The highest BCUT2D eigenvalue weighted by atomic mass is 35.5. The molecule has 0 bridgehead atoms. The van der Waals surface area contributed by atoms with Crippen LogP contribution < -0.4 is 0 Å². The Morgan fingerprint density at radius 2 is 1.76 bits per heavy atom. The van der Waals surface area contributed by atoms with Gasteiger partial charge in [0.1, 0.15) is 6.61 Å². The number of thiol groups is 2. The summed E-state index contributed by atoms with van der Waals surface area (Å²) in [5, 5.41) is 0.933. The molecule has 7 heteroatoms. The Hall–Kier alpha value is -0.230. The second kappa shape index (κ2) is 7.26. The van der Waals surface area contributed by atoms with E-state index in [1.807, 2.05) is 0 Å². The van der Waals surface area contributed by atoms with E-state index in [2.05, 4.69) is 25.3 Å². The van der Waals surface area contributed by atoms with Crippen LogP contribution in [0.1, 0.15) is 5.56 Å². The SMILES string of the molecule is O=C(OCc1c(Cl)cccc1Cl)N(CS)CS. The van der Waals surface area contributed by atoms with Crippen molar-refractivity contribution in [3.8, 4) is 0 Å². The third-order valence-electron chi connectivity index (χ3n) is 2.00. The van der Waals surface area contributed by atoms with E-state index < -0.39 is 6.09 Å². The molecule has 0 atom stereocenters. The van der Waals surface area contributed by atoms with Crippen LogP contribution in [0.5, 0.6) is 0 Å². The third kappa shape index (κ3) is 4.17. The summed E-state index contributed by atoms with van der Waals surface area (Å²) in [6, 6.07) is 5.10. The lowest BCUT2D eigenvalue weighted by Crippen LogP contribution is -2.29. The van der Waals surface area contributed by atoms with Gasteiger partial charge in [0.15, 0.2) is 0 Å². The first kappa shape index (κ1) is 14.8. The van der Waals surface area contributed by atoms with E-state index in [4.69, 9.17) is 27.9 Å². The van der Waals surface area contributed by atoms with Crippen molar-refractivity contribution >= 4 is 54.6 Å². The number of nitrogens with zero attached hydrogens (tertiary/aromatic N) is 1. The Morgan fingerprint density at radius 3 is 2.24 bits per heavy atom. The van der Waals surface area contributed by atoms with Crippen LogP contribution in [0.15, 0.2) is 18.2 Å². The highest BCUT2D eigenvalue weighted by Crippen LogP contribution is 2.25. The van der Waals surface area contributed by atoms with Gasteiger partial charge in [-0.2, -0.15) is 25.3 Å². The highest BCUT2D eigenvalue weighted by molar-refractivity contribution is 7.81. The Kier molecular flexibility index (Phi) is 6.33. The molecule has 1 aromatic carbocycles. The molecule has 0 aliphatic heterocycles. The van der Waals surface area contributed by atoms with Crippen LogP contribution in [0.3, 0.4) is 0 Å². The van der Waals surface area contributed by atoms with Gasteiger partial charge in [0.25, 0.3) is 0 Å². The number of amides is 1. The van der Waals surface area contributed by atoms with Gasteiger partial charge >= 0.3 is 6.09 Å². The lowest BCUT2D eigenvalue weighted by molar-refractivity contribution is 0.109. The van der Waals surface area contributed by atoms with E-state index in [1.54, 1.807) is 18.2 Å². The molecule has 0 aromatic heterocycles. The Morgan fingerprint density at radius 1 is 1.24 bits per heavy atom. The molecule has 0 saturated carbocycles. The lowest BCUT2D eigenvalue weighted by Gasteiger charge is -2.17. The average molecular weight is 312 g/mol. The zero-order valence-corrected chi connectivity index (χ0v) is 12.1. The van der Waals surface area contributed by atoms with E-state index in [0.29, 0.717) is 15.6 Å². The molecule has 0 aliphatic rings. The maximum Gasteiger partial charge on any atom is 0.411 e.